The van der Waals surface area contributed by atoms with Crippen LogP contribution in [0.15, 0.2) is 18.2 Å². The second-order valence-corrected chi connectivity index (χ2v) is 5.69. The first kappa shape index (κ1) is 14.8. The van der Waals surface area contributed by atoms with Crippen LogP contribution in [-0.2, 0) is 0 Å². The van der Waals surface area contributed by atoms with Crippen molar-refractivity contribution in [1.82, 2.24) is 10.2 Å². The summed E-state index contributed by atoms with van der Waals surface area (Å²) >= 11 is 5.92. The minimum absolute atomic E-state index is 0.117. The Kier molecular flexibility index (Phi) is 5.20. The third-order valence-electron chi connectivity index (χ3n) is 3.96. The van der Waals surface area contributed by atoms with Crippen LogP contribution in [0.3, 0.4) is 0 Å². The number of benzene rings is 1. The number of piperidine rings is 1. The molecule has 0 spiro atoms. The number of hydrogen-bond acceptors (Lipinski definition) is 2. The Morgan fingerprint density at radius 2 is 2.26 bits per heavy atom. The van der Waals surface area contributed by atoms with E-state index in [4.69, 9.17) is 11.6 Å². The zero-order chi connectivity index (χ0) is 13.8. The molecule has 2 atom stereocenters. The summed E-state index contributed by atoms with van der Waals surface area (Å²) in [4.78, 5) is 2.25. The highest BCUT2D eigenvalue weighted by atomic mass is 35.5. The largest absolute Gasteiger partial charge is 0.317 e. The number of likely N-dealkylation sites (tertiary alicyclic amines) is 1. The van der Waals surface area contributed by atoms with Crippen molar-refractivity contribution in [3.63, 3.8) is 0 Å². The van der Waals surface area contributed by atoms with Gasteiger partial charge in [-0.2, -0.15) is 0 Å². The van der Waals surface area contributed by atoms with Crippen LogP contribution in [0.1, 0.15) is 31.4 Å². The fourth-order valence-electron chi connectivity index (χ4n) is 3.04. The van der Waals surface area contributed by atoms with E-state index >= 15 is 0 Å². The zero-order valence-corrected chi connectivity index (χ0v) is 12.4. The Hall–Kier alpha value is -0.640. The minimum atomic E-state index is -0.260. The molecule has 2 unspecified atom stereocenters. The predicted octanol–water partition coefficient (Wildman–Crippen LogP) is 3.47. The lowest BCUT2D eigenvalue weighted by Gasteiger charge is -2.40. The molecule has 0 amide bonds. The lowest BCUT2D eigenvalue weighted by atomic mass is 9.84. The zero-order valence-electron chi connectivity index (χ0n) is 11.6. The van der Waals surface area contributed by atoms with Gasteiger partial charge in [0.1, 0.15) is 5.82 Å². The van der Waals surface area contributed by atoms with Gasteiger partial charge in [-0.25, -0.2) is 4.39 Å². The van der Waals surface area contributed by atoms with Crippen LogP contribution in [0.2, 0.25) is 5.02 Å². The topological polar surface area (TPSA) is 15.3 Å². The number of nitrogens with zero attached hydrogens (tertiary/aromatic N) is 1. The Morgan fingerprint density at radius 1 is 1.47 bits per heavy atom. The van der Waals surface area contributed by atoms with Crippen LogP contribution in [0.5, 0.6) is 0 Å². The SMILES string of the molecule is CCNCC1CCCN(C)C1c1cccc(Cl)c1F. The Labute approximate surface area is 119 Å². The third-order valence-corrected chi connectivity index (χ3v) is 4.26. The van der Waals surface area contributed by atoms with Crippen molar-refractivity contribution in [2.45, 2.75) is 25.8 Å². The molecule has 2 rings (SSSR count). The van der Waals surface area contributed by atoms with Crippen LogP contribution in [0.25, 0.3) is 0 Å². The quantitative estimate of drug-likeness (QED) is 0.911. The van der Waals surface area contributed by atoms with Crippen molar-refractivity contribution in [2.75, 3.05) is 26.7 Å². The average Bonchev–Trinajstić information content (AvgIpc) is 2.40. The van der Waals surface area contributed by atoms with E-state index in [2.05, 4.69) is 24.2 Å². The highest BCUT2D eigenvalue weighted by molar-refractivity contribution is 6.30. The Bertz CT molecular complexity index is 425. The molecular formula is C15H22ClFN2. The van der Waals surface area contributed by atoms with Crippen LogP contribution in [0.4, 0.5) is 4.39 Å². The van der Waals surface area contributed by atoms with Gasteiger partial charge in [-0.3, -0.25) is 4.90 Å². The van der Waals surface area contributed by atoms with Crippen LogP contribution < -0.4 is 5.32 Å². The molecule has 4 heteroatoms. The van der Waals surface area contributed by atoms with Crippen molar-refractivity contribution >= 4 is 11.6 Å². The van der Waals surface area contributed by atoms with E-state index in [1.807, 2.05) is 12.1 Å². The maximum atomic E-state index is 14.3. The van der Waals surface area contributed by atoms with Gasteiger partial charge in [0.05, 0.1) is 5.02 Å². The second-order valence-electron chi connectivity index (χ2n) is 5.28. The standard InChI is InChI=1S/C15H22ClFN2/c1-3-18-10-11-6-5-9-19(2)15(11)12-7-4-8-13(16)14(12)17/h4,7-8,11,15,18H,3,5-6,9-10H2,1-2H3. The molecule has 1 N–H and O–H groups in total. The van der Waals surface area contributed by atoms with E-state index in [1.54, 1.807) is 6.07 Å². The second kappa shape index (κ2) is 6.69. The minimum Gasteiger partial charge on any atom is -0.317 e. The molecule has 0 saturated carbocycles. The molecule has 106 valence electrons. The van der Waals surface area contributed by atoms with Gasteiger partial charge in [0.2, 0.25) is 0 Å². The fourth-order valence-corrected chi connectivity index (χ4v) is 3.23. The van der Waals surface area contributed by atoms with E-state index < -0.39 is 0 Å². The smallest absolute Gasteiger partial charge is 0.146 e. The van der Waals surface area contributed by atoms with Crippen LogP contribution in [-0.4, -0.2) is 31.6 Å². The van der Waals surface area contributed by atoms with Gasteiger partial charge in [0.25, 0.3) is 0 Å². The molecule has 1 aliphatic heterocycles. The summed E-state index contributed by atoms with van der Waals surface area (Å²) in [6.45, 7) is 4.99. The highest BCUT2D eigenvalue weighted by Gasteiger charge is 2.32. The number of halogens is 2. The highest BCUT2D eigenvalue weighted by Crippen LogP contribution is 2.37. The van der Waals surface area contributed by atoms with Gasteiger partial charge < -0.3 is 5.32 Å². The van der Waals surface area contributed by atoms with Gasteiger partial charge in [-0.1, -0.05) is 30.7 Å². The normalized spacial score (nSPS) is 24.6. The molecule has 0 aromatic heterocycles. The predicted molar refractivity (Wildman–Crippen MR) is 78.0 cm³/mol. The van der Waals surface area contributed by atoms with Gasteiger partial charge in [-0.15, -0.1) is 0 Å². The maximum Gasteiger partial charge on any atom is 0.146 e. The summed E-state index contributed by atoms with van der Waals surface area (Å²) < 4.78 is 14.3. The molecule has 19 heavy (non-hydrogen) atoms. The van der Waals surface area contributed by atoms with Crippen molar-refractivity contribution in [3.8, 4) is 0 Å². The summed E-state index contributed by atoms with van der Waals surface area (Å²) in [5.74, 6) is 0.177. The van der Waals surface area contributed by atoms with Crippen LogP contribution in [0, 0.1) is 11.7 Å². The summed E-state index contributed by atoms with van der Waals surface area (Å²) in [6.07, 6.45) is 2.30. The van der Waals surface area contributed by atoms with E-state index in [1.165, 1.54) is 6.42 Å². The van der Waals surface area contributed by atoms with Crippen molar-refractivity contribution in [2.24, 2.45) is 5.92 Å². The molecule has 1 aromatic carbocycles. The number of hydrogen-bond donors (Lipinski definition) is 1. The van der Waals surface area contributed by atoms with Gasteiger partial charge >= 0.3 is 0 Å². The van der Waals surface area contributed by atoms with E-state index in [0.717, 1.165) is 31.6 Å². The maximum absolute atomic E-state index is 14.3. The van der Waals surface area contributed by atoms with Crippen molar-refractivity contribution in [1.29, 1.82) is 0 Å². The molecule has 2 nitrogen and oxygen atoms in total. The molecule has 0 bridgehead atoms. The monoisotopic (exact) mass is 284 g/mol. The summed E-state index contributed by atoms with van der Waals surface area (Å²) in [5.41, 5.74) is 0.734. The van der Waals surface area contributed by atoms with Gasteiger partial charge in [0, 0.05) is 11.6 Å². The molecule has 1 heterocycles. The third kappa shape index (κ3) is 3.28. The van der Waals surface area contributed by atoms with Crippen LogP contribution >= 0.6 is 11.6 Å². The molecule has 1 saturated heterocycles. The first-order valence-corrected chi connectivity index (χ1v) is 7.37. The Balaban J connectivity index is 2.28. The van der Waals surface area contributed by atoms with E-state index in [-0.39, 0.29) is 16.9 Å². The molecule has 1 aliphatic rings. The van der Waals surface area contributed by atoms with Crippen molar-refractivity contribution in [3.05, 3.63) is 34.6 Å². The van der Waals surface area contributed by atoms with E-state index in [9.17, 15) is 4.39 Å². The number of rotatable bonds is 4. The molecule has 1 aromatic rings. The molecule has 1 fully saturated rings. The molecule has 0 radical (unpaired) electrons. The van der Waals surface area contributed by atoms with Gasteiger partial charge in [0.15, 0.2) is 0 Å². The fraction of sp³-hybridized carbons (Fsp3) is 0.600. The van der Waals surface area contributed by atoms with E-state index in [0.29, 0.717) is 5.92 Å². The summed E-state index contributed by atoms with van der Waals surface area (Å²) in [6, 6.07) is 5.44. The Morgan fingerprint density at radius 3 is 3.00 bits per heavy atom. The lowest BCUT2D eigenvalue weighted by molar-refractivity contribution is 0.117. The lowest BCUT2D eigenvalue weighted by Crippen LogP contribution is -2.40. The van der Waals surface area contributed by atoms with Gasteiger partial charge in [-0.05, 0) is 51.5 Å². The average molecular weight is 285 g/mol. The first-order valence-electron chi connectivity index (χ1n) is 7.00. The van der Waals surface area contributed by atoms with Crippen molar-refractivity contribution < 1.29 is 4.39 Å². The molecular weight excluding hydrogens is 263 g/mol. The summed E-state index contributed by atoms with van der Waals surface area (Å²) in [7, 11) is 2.07. The number of nitrogens with one attached hydrogen (secondary N) is 1. The molecule has 0 aliphatic carbocycles. The summed E-state index contributed by atoms with van der Waals surface area (Å²) in [5, 5.41) is 3.61. The first-order chi connectivity index (χ1) is 9.15.